The fourth-order valence-electron chi connectivity index (χ4n) is 2.72. The Labute approximate surface area is 137 Å². The summed E-state index contributed by atoms with van der Waals surface area (Å²) in [6.07, 6.45) is 1.85. The van der Waals surface area contributed by atoms with Crippen LogP contribution in [-0.4, -0.2) is 42.3 Å². The first-order valence-corrected chi connectivity index (χ1v) is 8.20. The third-order valence-corrected chi connectivity index (χ3v) is 4.04. The predicted octanol–water partition coefficient (Wildman–Crippen LogP) is 2.73. The van der Waals surface area contributed by atoms with Gasteiger partial charge in [-0.15, -0.1) is 0 Å². The summed E-state index contributed by atoms with van der Waals surface area (Å²) in [7, 11) is 0. The summed E-state index contributed by atoms with van der Waals surface area (Å²) in [5.74, 6) is 1.77. The third-order valence-electron chi connectivity index (χ3n) is 4.04. The molecule has 5 heteroatoms. The summed E-state index contributed by atoms with van der Waals surface area (Å²) in [5, 5.41) is 0. The maximum Gasteiger partial charge on any atom is 0.227 e. The molecule has 1 aliphatic rings. The topological polar surface area (TPSA) is 41.5 Å². The Morgan fingerprint density at radius 1 is 1.13 bits per heavy atom. The number of ether oxygens (including phenoxy) is 1. The number of nitrogens with zero attached hydrogens (tertiary/aromatic N) is 4. The highest BCUT2D eigenvalue weighted by molar-refractivity contribution is 5.45. The van der Waals surface area contributed by atoms with Crippen molar-refractivity contribution < 1.29 is 4.74 Å². The second-order valence-electron chi connectivity index (χ2n) is 6.02. The average Bonchev–Trinajstić information content (AvgIpc) is 2.61. The van der Waals surface area contributed by atoms with Gasteiger partial charge in [-0.25, -0.2) is 4.98 Å². The summed E-state index contributed by atoms with van der Waals surface area (Å²) in [4.78, 5) is 13.7. The Kier molecular flexibility index (Phi) is 5.08. The van der Waals surface area contributed by atoms with Gasteiger partial charge in [0.15, 0.2) is 0 Å². The molecule has 1 aromatic carbocycles. The lowest BCUT2D eigenvalue weighted by atomic mass is 10.2. The van der Waals surface area contributed by atoms with Crippen molar-refractivity contribution in [1.29, 1.82) is 0 Å². The van der Waals surface area contributed by atoms with Crippen molar-refractivity contribution in [3.63, 3.8) is 0 Å². The SMILES string of the molecule is CC(C)N(Cc1ccccc1)c1ccnc(N2CCOCC2)n1. The number of morpholine rings is 1. The van der Waals surface area contributed by atoms with Gasteiger partial charge in [-0.1, -0.05) is 30.3 Å². The number of aromatic nitrogens is 2. The molecule has 23 heavy (non-hydrogen) atoms. The van der Waals surface area contributed by atoms with Crippen LogP contribution in [0.25, 0.3) is 0 Å². The molecule has 0 radical (unpaired) electrons. The number of rotatable bonds is 5. The normalized spacial score (nSPS) is 15.0. The highest BCUT2D eigenvalue weighted by Gasteiger charge is 2.17. The Hall–Kier alpha value is -2.14. The van der Waals surface area contributed by atoms with E-state index in [1.807, 2.05) is 18.3 Å². The molecule has 0 atom stereocenters. The van der Waals surface area contributed by atoms with Crippen LogP contribution in [0.2, 0.25) is 0 Å². The van der Waals surface area contributed by atoms with Crippen LogP contribution in [0.3, 0.4) is 0 Å². The van der Waals surface area contributed by atoms with Gasteiger partial charge in [-0.2, -0.15) is 4.98 Å². The Morgan fingerprint density at radius 3 is 2.57 bits per heavy atom. The molecule has 0 saturated carbocycles. The first-order chi connectivity index (χ1) is 11.2. The average molecular weight is 312 g/mol. The summed E-state index contributed by atoms with van der Waals surface area (Å²) in [6.45, 7) is 8.42. The summed E-state index contributed by atoms with van der Waals surface area (Å²) >= 11 is 0. The number of anilines is 2. The summed E-state index contributed by atoms with van der Waals surface area (Å²) < 4.78 is 5.41. The number of hydrogen-bond donors (Lipinski definition) is 0. The van der Waals surface area contributed by atoms with Crippen LogP contribution in [0.15, 0.2) is 42.6 Å². The monoisotopic (exact) mass is 312 g/mol. The van der Waals surface area contributed by atoms with Crippen molar-refractivity contribution in [3.05, 3.63) is 48.2 Å². The minimum Gasteiger partial charge on any atom is -0.378 e. The van der Waals surface area contributed by atoms with E-state index in [0.717, 1.165) is 44.6 Å². The van der Waals surface area contributed by atoms with E-state index in [2.05, 4.69) is 52.9 Å². The van der Waals surface area contributed by atoms with Gasteiger partial charge in [0.2, 0.25) is 5.95 Å². The molecule has 0 N–H and O–H groups in total. The van der Waals surface area contributed by atoms with Gasteiger partial charge in [-0.05, 0) is 25.5 Å². The second kappa shape index (κ2) is 7.42. The maximum atomic E-state index is 5.41. The third kappa shape index (κ3) is 3.99. The lowest BCUT2D eigenvalue weighted by Crippen LogP contribution is -2.38. The van der Waals surface area contributed by atoms with Crippen LogP contribution in [-0.2, 0) is 11.3 Å². The zero-order valence-corrected chi connectivity index (χ0v) is 13.9. The van der Waals surface area contributed by atoms with Crippen LogP contribution in [0.5, 0.6) is 0 Å². The van der Waals surface area contributed by atoms with E-state index >= 15 is 0 Å². The van der Waals surface area contributed by atoms with E-state index in [1.54, 1.807) is 0 Å². The molecular weight excluding hydrogens is 288 g/mol. The predicted molar refractivity (Wildman–Crippen MR) is 92.8 cm³/mol. The summed E-state index contributed by atoms with van der Waals surface area (Å²) in [6, 6.07) is 12.9. The molecule has 0 amide bonds. The van der Waals surface area contributed by atoms with E-state index in [-0.39, 0.29) is 0 Å². The molecule has 122 valence electrons. The fraction of sp³-hybridized carbons (Fsp3) is 0.444. The first kappa shape index (κ1) is 15.7. The molecule has 2 heterocycles. The van der Waals surface area contributed by atoms with Gasteiger partial charge in [0.1, 0.15) is 5.82 Å². The van der Waals surface area contributed by atoms with Crippen molar-refractivity contribution in [2.45, 2.75) is 26.4 Å². The molecule has 0 spiro atoms. The molecule has 0 aliphatic carbocycles. The molecule has 5 nitrogen and oxygen atoms in total. The zero-order valence-electron chi connectivity index (χ0n) is 13.9. The van der Waals surface area contributed by atoms with Crippen LogP contribution >= 0.6 is 0 Å². The van der Waals surface area contributed by atoms with E-state index in [0.29, 0.717) is 6.04 Å². The van der Waals surface area contributed by atoms with Gasteiger partial charge in [0.25, 0.3) is 0 Å². The van der Waals surface area contributed by atoms with Crippen LogP contribution in [0, 0.1) is 0 Å². The fourth-order valence-corrected chi connectivity index (χ4v) is 2.72. The quantitative estimate of drug-likeness (QED) is 0.849. The maximum absolute atomic E-state index is 5.41. The Morgan fingerprint density at radius 2 is 1.87 bits per heavy atom. The van der Waals surface area contributed by atoms with Gasteiger partial charge in [0.05, 0.1) is 13.2 Å². The van der Waals surface area contributed by atoms with Crippen molar-refractivity contribution in [1.82, 2.24) is 9.97 Å². The second-order valence-corrected chi connectivity index (χ2v) is 6.02. The smallest absolute Gasteiger partial charge is 0.227 e. The van der Waals surface area contributed by atoms with Crippen LogP contribution in [0.1, 0.15) is 19.4 Å². The minimum atomic E-state index is 0.364. The lowest BCUT2D eigenvalue weighted by molar-refractivity contribution is 0.122. The molecule has 2 aromatic rings. The van der Waals surface area contributed by atoms with Crippen molar-refractivity contribution in [2.24, 2.45) is 0 Å². The highest BCUT2D eigenvalue weighted by atomic mass is 16.5. The molecule has 1 saturated heterocycles. The van der Waals surface area contributed by atoms with Gasteiger partial charge >= 0.3 is 0 Å². The Bertz CT molecular complexity index is 611. The number of benzene rings is 1. The van der Waals surface area contributed by atoms with E-state index in [4.69, 9.17) is 9.72 Å². The van der Waals surface area contributed by atoms with Crippen LogP contribution < -0.4 is 9.80 Å². The minimum absolute atomic E-state index is 0.364. The van der Waals surface area contributed by atoms with Gasteiger partial charge in [0, 0.05) is 31.9 Å². The van der Waals surface area contributed by atoms with Gasteiger partial charge in [-0.3, -0.25) is 0 Å². The first-order valence-electron chi connectivity index (χ1n) is 8.20. The molecule has 1 fully saturated rings. The molecular formula is C18H24N4O. The van der Waals surface area contributed by atoms with E-state index < -0.39 is 0 Å². The number of hydrogen-bond acceptors (Lipinski definition) is 5. The van der Waals surface area contributed by atoms with Gasteiger partial charge < -0.3 is 14.5 Å². The molecule has 0 bridgehead atoms. The zero-order chi connectivity index (χ0) is 16.1. The summed E-state index contributed by atoms with van der Waals surface area (Å²) in [5.41, 5.74) is 1.28. The van der Waals surface area contributed by atoms with Crippen LogP contribution in [0.4, 0.5) is 11.8 Å². The standard InChI is InChI=1S/C18H24N4O/c1-15(2)22(14-16-6-4-3-5-7-16)17-8-9-19-18(20-17)21-10-12-23-13-11-21/h3-9,15H,10-14H2,1-2H3. The molecule has 3 rings (SSSR count). The highest BCUT2D eigenvalue weighted by Crippen LogP contribution is 2.20. The lowest BCUT2D eigenvalue weighted by Gasteiger charge is -2.30. The van der Waals surface area contributed by atoms with Crippen molar-refractivity contribution >= 4 is 11.8 Å². The largest absolute Gasteiger partial charge is 0.378 e. The van der Waals surface area contributed by atoms with Crippen molar-refractivity contribution in [2.75, 3.05) is 36.1 Å². The van der Waals surface area contributed by atoms with E-state index in [9.17, 15) is 0 Å². The molecule has 0 unspecified atom stereocenters. The molecule has 1 aromatic heterocycles. The van der Waals surface area contributed by atoms with E-state index in [1.165, 1.54) is 5.56 Å². The Balaban J connectivity index is 1.82. The van der Waals surface area contributed by atoms with Crippen molar-refractivity contribution in [3.8, 4) is 0 Å². The molecule has 1 aliphatic heterocycles.